The maximum atomic E-state index is 9.53. The van der Waals surface area contributed by atoms with Gasteiger partial charge in [0.25, 0.3) is 0 Å². The number of nitrogens with zero attached hydrogens (tertiary/aromatic N) is 1. The van der Waals surface area contributed by atoms with Crippen LogP contribution in [-0.4, -0.2) is 56.9 Å². The van der Waals surface area contributed by atoms with Crippen LogP contribution < -0.4 is 0 Å². The van der Waals surface area contributed by atoms with E-state index in [0.717, 1.165) is 24.2 Å². The Hall–Kier alpha value is -0.0600. The Balaban J connectivity index is 0. The quantitative estimate of drug-likeness (QED) is 0.224. The fourth-order valence-corrected chi connectivity index (χ4v) is 2.46. The van der Waals surface area contributed by atoms with Crippen molar-refractivity contribution in [1.82, 2.24) is 0 Å². The van der Waals surface area contributed by atoms with Crippen LogP contribution in [0.4, 0.5) is 0 Å². The number of likely N-dealkylation sites (N-methyl/N-ethyl adjacent to an activating group) is 1. The molecule has 1 unspecified atom stereocenters. The van der Waals surface area contributed by atoms with Crippen molar-refractivity contribution in [1.29, 1.82) is 0 Å². The summed E-state index contributed by atoms with van der Waals surface area (Å²) in [5.41, 5.74) is 0. The average molecular weight is 382 g/mol. The Morgan fingerprint density at radius 1 is 0.800 bits per heavy atom. The molecule has 0 amide bonds. The molecular formula is C19H44NO4P+2. The Labute approximate surface area is 157 Å². The highest BCUT2D eigenvalue weighted by atomic mass is 31.1. The van der Waals surface area contributed by atoms with Crippen LogP contribution >= 0.6 is 8.25 Å². The molecule has 0 aliphatic carbocycles. The van der Waals surface area contributed by atoms with Crippen molar-refractivity contribution in [2.45, 2.75) is 78.1 Å². The highest BCUT2D eigenvalue weighted by Gasteiger charge is 2.06. The monoisotopic (exact) mass is 381 g/mol. The van der Waals surface area contributed by atoms with Gasteiger partial charge in [-0.1, -0.05) is 64.7 Å². The minimum Gasteiger partial charge on any atom is -0.376 e. The van der Waals surface area contributed by atoms with Crippen molar-refractivity contribution in [3.05, 3.63) is 0 Å². The molecule has 152 valence electrons. The van der Waals surface area contributed by atoms with Gasteiger partial charge in [-0.2, -0.15) is 0 Å². The van der Waals surface area contributed by atoms with Gasteiger partial charge in [-0.25, -0.2) is 0 Å². The van der Waals surface area contributed by atoms with Crippen LogP contribution in [0.15, 0.2) is 0 Å². The molecule has 0 radical (unpaired) electrons. The molecule has 0 aliphatic heterocycles. The largest absolute Gasteiger partial charge is 0.694 e. The van der Waals surface area contributed by atoms with E-state index in [1.54, 1.807) is 6.92 Å². The summed E-state index contributed by atoms with van der Waals surface area (Å²) in [5, 5.41) is 0. The minimum atomic E-state index is -2.35. The van der Waals surface area contributed by atoms with Crippen molar-refractivity contribution in [2.24, 2.45) is 0 Å². The third-order valence-electron chi connectivity index (χ3n) is 3.79. The second kappa shape index (κ2) is 20.3. The first-order valence-corrected chi connectivity index (χ1v) is 11.1. The molecule has 0 rings (SSSR count). The van der Waals surface area contributed by atoms with Gasteiger partial charge >= 0.3 is 8.25 Å². The van der Waals surface area contributed by atoms with E-state index in [9.17, 15) is 4.57 Å². The second-order valence-corrected chi connectivity index (χ2v) is 8.20. The highest BCUT2D eigenvalue weighted by molar-refractivity contribution is 7.32. The van der Waals surface area contributed by atoms with Gasteiger partial charge in [-0.05, 0) is 13.3 Å². The summed E-state index contributed by atoms with van der Waals surface area (Å²) in [5.74, 6) is 0. The maximum absolute atomic E-state index is 9.53. The van der Waals surface area contributed by atoms with Crippen LogP contribution in [0.2, 0.25) is 0 Å². The molecule has 0 aromatic rings. The van der Waals surface area contributed by atoms with E-state index < -0.39 is 8.25 Å². The fourth-order valence-electron chi connectivity index (χ4n) is 2.24. The molecule has 25 heavy (non-hydrogen) atoms. The Morgan fingerprint density at radius 2 is 1.28 bits per heavy atom. The van der Waals surface area contributed by atoms with E-state index in [4.69, 9.17) is 9.63 Å². The van der Waals surface area contributed by atoms with E-state index in [1.807, 2.05) is 0 Å². The first-order chi connectivity index (χ1) is 11.8. The second-order valence-electron chi connectivity index (χ2n) is 7.46. The molecule has 0 fully saturated rings. The topological polar surface area (TPSA) is 55.8 Å². The molecule has 0 saturated carbocycles. The lowest BCUT2D eigenvalue weighted by molar-refractivity contribution is -0.870. The smallest absolute Gasteiger partial charge is 0.376 e. The lowest BCUT2D eigenvalue weighted by atomic mass is 10.1. The van der Waals surface area contributed by atoms with E-state index in [0.29, 0.717) is 6.61 Å². The fraction of sp³-hybridized carbons (Fsp3) is 1.00. The van der Waals surface area contributed by atoms with Gasteiger partial charge < -0.3 is 9.22 Å². The zero-order chi connectivity index (χ0) is 19.4. The lowest BCUT2D eigenvalue weighted by Gasteiger charge is -2.23. The first-order valence-electron chi connectivity index (χ1n) is 10.0. The van der Waals surface area contributed by atoms with Crippen molar-refractivity contribution in [2.75, 3.05) is 47.5 Å². The van der Waals surface area contributed by atoms with Crippen molar-refractivity contribution >= 4 is 8.25 Å². The molecule has 1 N–H and O–H groups in total. The van der Waals surface area contributed by atoms with Gasteiger partial charge in [0.2, 0.25) is 0 Å². The molecule has 1 atom stereocenters. The van der Waals surface area contributed by atoms with Crippen LogP contribution in [0.5, 0.6) is 0 Å². The molecule has 0 saturated heterocycles. The van der Waals surface area contributed by atoms with Crippen LogP contribution in [0, 0.1) is 0 Å². The Kier molecular flexibility index (Phi) is 22.0. The average Bonchev–Trinajstić information content (AvgIpc) is 2.51. The number of unbranched alkanes of at least 4 members (excludes halogenated alkanes) is 9. The van der Waals surface area contributed by atoms with E-state index in [1.165, 1.54) is 64.2 Å². The predicted octanol–water partition coefficient (Wildman–Crippen LogP) is 5.30. The SMILES string of the molecule is CCCCCCCCCCCCOCC[N+](C)(C)C.CCO[P+](=O)O. The van der Waals surface area contributed by atoms with Crippen LogP contribution in [0.25, 0.3) is 0 Å². The first kappa shape index (κ1) is 27.2. The van der Waals surface area contributed by atoms with Gasteiger partial charge in [0.1, 0.15) is 13.2 Å². The van der Waals surface area contributed by atoms with Crippen molar-refractivity contribution < 1.29 is 23.2 Å². The normalized spacial score (nSPS) is 11.8. The number of ether oxygens (including phenoxy) is 1. The third-order valence-corrected chi connectivity index (χ3v) is 4.27. The van der Waals surface area contributed by atoms with Crippen LogP contribution in [-0.2, 0) is 13.8 Å². The van der Waals surface area contributed by atoms with E-state index in [2.05, 4.69) is 32.6 Å². The molecule has 0 heterocycles. The molecule has 6 heteroatoms. The zero-order valence-corrected chi connectivity index (χ0v) is 18.4. The van der Waals surface area contributed by atoms with Crippen LogP contribution in [0.3, 0.4) is 0 Å². The van der Waals surface area contributed by atoms with Gasteiger partial charge in [0.15, 0.2) is 0 Å². The van der Waals surface area contributed by atoms with Crippen molar-refractivity contribution in [3.63, 3.8) is 0 Å². The van der Waals surface area contributed by atoms with Gasteiger partial charge in [-0.3, -0.25) is 0 Å². The number of hydrogen-bond donors (Lipinski definition) is 1. The molecule has 0 aromatic carbocycles. The van der Waals surface area contributed by atoms with E-state index in [-0.39, 0.29) is 0 Å². The zero-order valence-electron chi connectivity index (χ0n) is 17.5. The lowest BCUT2D eigenvalue weighted by Crippen LogP contribution is -2.37. The molecule has 0 aromatic heterocycles. The summed E-state index contributed by atoms with van der Waals surface area (Å²) < 4.78 is 20.3. The van der Waals surface area contributed by atoms with Crippen LogP contribution in [0.1, 0.15) is 78.1 Å². The standard InChI is InChI=1S/C17H38NO.C2H5O3P/c1-5-6-7-8-9-10-11-12-13-14-16-19-17-15-18(2,3)4;1-2-5-6(3)4/h5-17H2,1-4H3;2H2,1H3/q+1;/p+1. The highest BCUT2D eigenvalue weighted by Crippen LogP contribution is 2.12. The summed E-state index contributed by atoms with van der Waals surface area (Å²) >= 11 is 0. The Morgan fingerprint density at radius 3 is 1.64 bits per heavy atom. The molecule has 5 nitrogen and oxygen atoms in total. The Bertz CT molecular complexity index is 283. The van der Waals surface area contributed by atoms with Gasteiger partial charge in [0, 0.05) is 11.2 Å². The summed E-state index contributed by atoms with van der Waals surface area (Å²) in [4.78, 5) is 7.84. The minimum absolute atomic E-state index is 0.297. The third kappa shape index (κ3) is 32.1. The number of quaternary nitrogens is 1. The summed E-state index contributed by atoms with van der Waals surface area (Å²) in [7, 11) is 4.29. The molecule has 0 spiro atoms. The summed E-state index contributed by atoms with van der Waals surface area (Å²) in [6, 6.07) is 0. The van der Waals surface area contributed by atoms with E-state index >= 15 is 0 Å². The van der Waals surface area contributed by atoms with Gasteiger partial charge in [-0.15, -0.1) is 9.42 Å². The van der Waals surface area contributed by atoms with Crippen molar-refractivity contribution in [3.8, 4) is 0 Å². The van der Waals surface area contributed by atoms with Gasteiger partial charge in [0.05, 0.1) is 27.7 Å². The maximum Gasteiger partial charge on any atom is 0.694 e. The molecule has 0 bridgehead atoms. The molecule has 0 aliphatic rings. The number of rotatable bonds is 16. The molecular weight excluding hydrogens is 337 g/mol. The summed E-state index contributed by atoms with van der Waals surface area (Å²) in [6.07, 6.45) is 14.0. The predicted molar refractivity (Wildman–Crippen MR) is 107 cm³/mol. The summed E-state index contributed by atoms with van der Waals surface area (Å²) in [6.45, 7) is 7.20. The number of hydrogen-bond acceptors (Lipinski definition) is 3.